The number of alkyl halides is 3. The highest BCUT2D eigenvalue weighted by Crippen LogP contribution is 2.29. The highest BCUT2D eigenvalue weighted by atomic mass is 19.4. The number of benzene rings is 2. The third-order valence-corrected chi connectivity index (χ3v) is 6.47. The molecule has 1 aliphatic rings. The number of pyridine rings is 1. The van der Waals surface area contributed by atoms with Crippen molar-refractivity contribution < 1.29 is 27.6 Å². The molecule has 3 aromatic rings. The molecule has 2 aromatic carbocycles. The Hall–Kier alpha value is -4.21. The van der Waals surface area contributed by atoms with Crippen LogP contribution in [0.3, 0.4) is 0 Å². The molecule has 0 atom stereocenters. The number of aromatic nitrogens is 1. The molecule has 2 N–H and O–H groups in total. The quantitative estimate of drug-likeness (QED) is 0.485. The summed E-state index contributed by atoms with van der Waals surface area (Å²) >= 11 is 0. The van der Waals surface area contributed by atoms with Crippen molar-refractivity contribution in [2.45, 2.75) is 31.9 Å². The molecular formula is C28H27F3N4O3. The second-order valence-electron chi connectivity index (χ2n) is 9.19. The van der Waals surface area contributed by atoms with E-state index >= 15 is 0 Å². The summed E-state index contributed by atoms with van der Waals surface area (Å²) in [7, 11) is 0. The van der Waals surface area contributed by atoms with E-state index in [1.54, 1.807) is 29.2 Å². The van der Waals surface area contributed by atoms with E-state index in [1.165, 1.54) is 6.07 Å². The number of hydrogen-bond acceptors (Lipinski definition) is 4. The van der Waals surface area contributed by atoms with Crippen molar-refractivity contribution in [3.05, 3.63) is 94.8 Å². The van der Waals surface area contributed by atoms with Gasteiger partial charge in [-0.2, -0.15) is 13.2 Å². The molecule has 0 radical (unpaired) electrons. The van der Waals surface area contributed by atoms with E-state index in [9.17, 15) is 27.6 Å². The molecule has 4 rings (SSSR count). The molecule has 1 fully saturated rings. The second kappa shape index (κ2) is 11.5. The molecule has 7 nitrogen and oxygen atoms in total. The first kappa shape index (κ1) is 26.8. The molecule has 1 aliphatic heterocycles. The Morgan fingerprint density at radius 3 is 2.21 bits per heavy atom. The Morgan fingerprint density at radius 1 is 0.921 bits per heavy atom. The molecule has 0 unspecified atom stereocenters. The van der Waals surface area contributed by atoms with Crippen LogP contribution in [-0.4, -0.2) is 47.2 Å². The summed E-state index contributed by atoms with van der Waals surface area (Å²) in [5.41, 5.74) is 1.59. The topological polar surface area (TPSA) is 91.4 Å². The van der Waals surface area contributed by atoms with Crippen LogP contribution in [0.2, 0.25) is 0 Å². The average molecular weight is 525 g/mol. The van der Waals surface area contributed by atoms with Crippen molar-refractivity contribution in [3.8, 4) is 0 Å². The molecule has 1 aromatic heterocycles. The smallest absolute Gasteiger partial charge is 0.343 e. The van der Waals surface area contributed by atoms with Gasteiger partial charge in [-0.3, -0.25) is 14.4 Å². The van der Waals surface area contributed by atoms with Gasteiger partial charge in [0.25, 0.3) is 11.8 Å². The maximum Gasteiger partial charge on any atom is 0.433 e. The molecule has 38 heavy (non-hydrogen) atoms. The van der Waals surface area contributed by atoms with Crippen LogP contribution in [0, 0.1) is 6.92 Å². The van der Waals surface area contributed by atoms with Crippen LogP contribution in [0.1, 0.15) is 56.4 Å². The lowest BCUT2D eigenvalue weighted by molar-refractivity contribution is -0.141. The predicted octanol–water partition coefficient (Wildman–Crippen LogP) is 4.80. The first-order valence-electron chi connectivity index (χ1n) is 12.2. The van der Waals surface area contributed by atoms with Crippen molar-refractivity contribution in [2.75, 3.05) is 25.0 Å². The van der Waals surface area contributed by atoms with E-state index in [-0.39, 0.29) is 30.0 Å². The molecule has 2 heterocycles. The van der Waals surface area contributed by atoms with Gasteiger partial charge in [0.15, 0.2) is 0 Å². The summed E-state index contributed by atoms with van der Waals surface area (Å²) in [6.45, 7) is 2.99. The maximum atomic E-state index is 12.9. The molecule has 0 saturated carbocycles. The molecule has 198 valence electrons. The summed E-state index contributed by atoms with van der Waals surface area (Å²) in [6.07, 6.45) is -3.14. The van der Waals surface area contributed by atoms with Crippen LogP contribution < -0.4 is 10.6 Å². The molecule has 0 bridgehead atoms. The average Bonchev–Trinajstić information content (AvgIpc) is 2.92. The summed E-state index contributed by atoms with van der Waals surface area (Å²) in [5.74, 6) is -0.935. The number of piperidine rings is 1. The normalized spacial score (nSPS) is 14.2. The van der Waals surface area contributed by atoms with E-state index in [0.717, 1.165) is 36.1 Å². The highest BCUT2D eigenvalue weighted by Gasteiger charge is 2.33. The molecular weight excluding hydrogens is 497 g/mol. The van der Waals surface area contributed by atoms with Gasteiger partial charge >= 0.3 is 6.18 Å². The fourth-order valence-corrected chi connectivity index (χ4v) is 4.29. The second-order valence-corrected chi connectivity index (χ2v) is 9.19. The van der Waals surface area contributed by atoms with Gasteiger partial charge in [0.1, 0.15) is 11.4 Å². The van der Waals surface area contributed by atoms with Crippen molar-refractivity contribution in [2.24, 2.45) is 0 Å². The SMILES string of the molecule is Cc1ccc(C(=O)NCC(=O)N2CCC(c3ccc(NC(=O)c4cccc(C(F)(F)F)n4)cc3)CC2)cc1. The van der Waals surface area contributed by atoms with Gasteiger partial charge in [-0.05, 0) is 67.6 Å². The number of hydrogen-bond donors (Lipinski definition) is 2. The minimum absolute atomic E-state index is 0.0630. The fraction of sp³-hybridized carbons (Fsp3) is 0.286. The Labute approximate surface area is 218 Å². The standard InChI is InChI=1S/C28H27F3N4O3/c1-18-5-7-21(8-6-18)26(37)32-17-25(36)35-15-13-20(14-16-35)19-9-11-22(12-10-19)33-27(38)23-3-2-4-24(34-23)28(29,30)31/h2-12,20H,13-17H2,1H3,(H,32,37)(H,33,38). The lowest BCUT2D eigenvalue weighted by atomic mass is 9.89. The minimum Gasteiger partial charge on any atom is -0.343 e. The van der Waals surface area contributed by atoms with Crippen molar-refractivity contribution >= 4 is 23.4 Å². The van der Waals surface area contributed by atoms with Crippen molar-refractivity contribution in [1.29, 1.82) is 0 Å². The van der Waals surface area contributed by atoms with Crippen LogP contribution in [-0.2, 0) is 11.0 Å². The summed E-state index contributed by atoms with van der Waals surface area (Å²) < 4.78 is 38.6. The number of aryl methyl sites for hydroxylation is 1. The molecule has 0 spiro atoms. The van der Waals surface area contributed by atoms with Gasteiger partial charge in [-0.25, -0.2) is 4.98 Å². The number of rotatable bonds is 6. The van der Waals surface area contributed by atoms with Crippen LogP contribution >= 0.6 is 0 Å². The largest absolute Gasteiger partial charge is 0.433 e. The summed E-state index contributed by atoms with van der Waals surface area (Å²) in [5, 5.41) is 5.25. The Kier molecular flexibility index (Phi) is 8.09. The van der Waals surface area contributed by atoms with E-state index in [0.29, 0.717) is 24.3 Å². The van der Waals surface area contributed by atoms with Gasteiger partial charge < -0.3 is 15.5 Å². The zero-order valence-electron chi connectivity index (χ0n) is 20.7. The fourth-order valence-electron chi connectivity index (χ4n) is 4.29. The number of carbonyl (C=O) groups excluding carboxylic acids is 3. The van der Waals surface area contributed by atoms with E-state index in [2.05, 4.69) is 15.6 Å². The Balaban J connectivity index is 1.25. The third kappa shape index (κ3) is 6.76. The lowest BCUT2D eigenvalue weighted by Crippen LogP contribution is -2.43. The number of amides is 3. The first-order chi connectivity index (χ1) is 18.1. The minimum atomic E-state index is -4.63. The number of carbonyl (C=O) groups is 3. The molecule has 10 heteroatoms. The highest BCUT2D eigenvalue weighted by molar-refractivity contribution is 6.02. The Bertz CT molecular complexity index is 1300. The van der Waals surface area contributed by atoms with Crippen LogP contribution in [0.25, 0.3) is 0 Å². The zero-order chi connectivity index (χ0) is 27.3. The summed E-state index contributed by atoms with van der Waals surface area (Å²) in [4.78, 5) is 42.3. The molecule has 3 amide bonds. The summed E-state index contributed by atoms with van der Waals surface area (Å²) in [6, 6.07) is 17.4. The zero-order valence-corrected chi connectivity index (χ0v) is 20.7. The number of nitrogens with zero attached hydrogens (tertiary/aromatic N) is 2. The van der Waals surface area contributed by atoms with Gasteiger partial charge in [0, 0.05) is 24.3 Å². The van der Waals surface area contributed by atoms with Gasteiger partial charge in [0.2, 0.25) is 5.91 Å². The lowest BCUT2D eigenvalue weighted by Gasteiger charge is -2.32. The van der Waals surface area contributed by atoms with Crippen molar-refractivity contribution in [3.63, 3.8) is 0 Å². The molecule has 0 aliphatic carbocycles. The van der Waals surface area contributed by atoms with Gasteiger partial charge in [-0.1, -0.05) is 35.9 Å². The van der Waals surface area contributed by atoms with Crippen LogP contribution in [0.4, 0.5) is 18.9 Å². The van der Waals surface area contributed by atoms with Crippen molar-refractivity contribution in [1.82, 2.24) is 15.2 Å². The number of likely N-dealkylation sites (tertiary alicyclic amines) is 1. The maximum absolute atomic E-state index is 12.9. The monoisotopic (exact) mass is 524 g/mol. The number of halogens is 3. The number of anilines is 1. The van der Waals surface area contributed by atoms with E-state index < -0.39 is 17.8 Å². The molecule has 1 saturated heterocycles. The number of nitrogens with one attached hydrogen (secondary N) is 2. The van der Waals surface area contributed by atoms with E-state index in [4.69, 9.17) is 0 Å². The third-order valence-electron chi connectivity index (χ3n) is 6.47. The van der Waals surface area contributed by atoms with Gasteiger partial charge in [0.05, 0.1) is 6.54 Å². The first-order valence-corrected chi connectivity index (χ1v) is 12.2. The Morgan fingerprint density at radius 2 is 1.58 bits per heavy atom. The van der Waals surface area contributed by atoms with Gasteiger partial charge in [-0.15, -0.1) is 0 Å². The van der Waals surface area contributed by atoms with E-state index in [1.807, 2.05) is 31.2 Å². The predicted molar refractivity (Wildman–Crippen MR) is 136 cm³/mol. The van der Waals surface area contributed by atoms with Crippen LogP contribution in [0.15, 0.2) is 66.7 Å². The van der Waals surface area contributed by atoms with Crippen LogP contribution in [0.5, 0.6) is 0 Å².